The van der Waals surface area contributed by atoms with Crippen LogP contribution in [0.3, 0.4) is 0 Å². The van der Waals surface area contributed by atoms with Gasteiger partial charge in [0.15, 0.2) is 6.10 Å². The first-order chi connectivity index (χ1) is 18.8. The van der Waals surface area contributed by atoms with E-state index in [0.717, 1.165) is 11.6 Å². The number of aromatic hydroxyl groups is 5. The van der Waals surface area contributed by atoms with Gasteiger partial charge in [-0.2, -0.15) is 0 Å². The average Bonchev–Trinajstić information content (AvgIpc) is 3.39. The minimum absolute atomic E-state index is 0.0166. The van der Waals surface area contributed by atoms with Crippen LogP contribution in [0, 0.1) is 0 Å². The van der Waals surface area contributed by atoms with Crippen molar-refractivity contribution in [3.63, 3.8) is 0 Å². The number of ether oxygens (including phenoxy) is 3. The number of hydrogen-bond donors (Lipinski definition) is 5. The molecule has 0 radical (unpaired) electrons. The number of carbonyl (C=O) groups excluding carboxylic acids is 1. The Bertz CT molecular complexity index is 1660. The fourth-order valence-electron chi connectivity index (χ4n) is 5.81. The first-order valence-electron chi connectivity index (χ1n) is 12.4. The molecular weight excluding hydrogens is 504 g/mol. The number of hydrogen-bond acceptors (Lipinski definition) is 9. The number of phenols is 5. The maximum absolute atomic E-state index is 14.3. The third-order valence-electron chi connectivity index (χ3n) is 7.59. The predicted octanol–water partition coefficient (Wildman–Crippen LogP) is 4.89. The van der Waals surface area contributed by atoms with Crippen molar-refractivity contribution in [2.45, 2.75) is 30.7 Å². The van der Waals surface area contributed by atoms with Gasteiger partial charge in [-0.15, -0.1) is 0 Å². The van der Waals surface area contributed by atoms with Crippen LogP contribution < -0.4 is 14.2 Å². The molecule has 0 saturated heterocycles. The van der Waals surface area contributed by atoms with Gasteiger partial charge in [0.25, 0.3) is 0 Å². The van der Waals surface area contributed by atoms with E-state index < -0.39 is 29.3 Å². The third-order valence-corrected chi connectivity index (χ3v) is 7.59. The topological polar surface area (TPSA) is 146 Å². The van der Waals surface area contributed by atoms with Crippen LogP contribution in [-0.2, 0) is 12.0 Å². The molecule has 0 aliphatic carbocycles. The van der Waals surface area contributed by atoms with E-state index in [9.17, 15) is 30.3 Å². The Balaban J connectivity index is 1.45. The molecule has 0 bridgehead atoms. The summed E-state index contributed by atoms with van der Waals surface area (Å²) in [4.78, 5) is 14.3. The van der Waals surface area contributed by atoms with Crippen molar-refractivity contribution in [1.82, 2.24) is 0 Å². The maximum Gasteiger partial charge on any atom is 0.244 e. The van der Waals surface area contributed by atoms with Crippen LogP contribution in [-0.4, -0.2) is 31.3 Å². The zero-order valence-corrected chi connectivity index (χ0v) is 20.3. The molecule has 3 aliphatic rings. The Morgan fingerprint density at radius 2 is 1.38 bits per heavy atom. The van der Waals surface area contributed by atoms with E-state index in [1.54, 1.807) is 36.4 Å². The fourth-order valence-corrected chi connectivity index (χ4v) is 5.81. The highest BCUT2D eigenvalue weighted by atomic mass is 16.6. The summed E-state index contributed by atoms with van der Waals surface area (Å²) in [7, 11) is 0. The van der Waals surface area contributed by atoms with Crippen LogP contribution in [0.25, 0.3) is 0 Å². The van der Waals surface area contributed by atoms with Gasteiger partial charge >= 0.3 is 0 Å². The molecule has 39 heavy (non-hydrogen) atoms. The van der Waals surface area contributed by atoms with Crippen LogP contribution >= 0.6 is 0 Å². The lowest BCUT2D eigenvalue weighted by atomic mass is 9.79. The van der Waals surface area contributed by atoms with Gasteiger partial charge in [-0.3, -0.25) is 4.79 Å². The average molecular weight is 526 g/mol. The monoisotopic (exact) mass is 526 g/mol. The molecule has 4 aromatic carbocycles. The molecule has 9 heteroatoms. The molecule has 3 aliphatic heterocycles. The number of rotatable bonds is 2. The Morgan fingerprint density at radius 3 is 2.08 bits per heavy atom. The molecule has 3 heterocycles. The maximum atomic E-state index is 14.3. The van der Waals surface area contributed by atoms with E-state index in [1.165, 1.54) is 24.3 Å². The number of carbonyl (C=O) groups is 1. The second-order valence-electron chi connectivity index (χ2n) is 9.91. The molecule has 1 spiro atoms. The lowest BCUT2D eigenvalue weighted by molar-refractivity contribution is 0.00506. The zero-order chi connectivity index (χ0) is 27.1. The van der Waals surface area contributed by atoms with Crippen molar-refractivity contribution >= 4 is 5.78 Å². The van der Waals surface area contributed by atoms with Gasteiger partial charge in [0, 0.05) is 23.8 Å². The van der Waals surface area contributed by atoms with Crippen LogP contribution in [0.1, 0.15) is 51.2 Å². The summed E-state index contributed by atoms with van der Waals surface area (Å²) in [5.74, 6) is -0.876. The lowest BCUT2D eigenvalue weighted by Crippen LogP contribution is -2.42. The standard InChI is InChI=1S/C30H22O9/c31-16-5-1-14(2-6-16)22-10-9-19-20(34)13-24-26(27(19)37-22)30(29(38-24)15-3-7-17(32)8-4-15)28(36)25-21(35)11-18(33)12-23(25)39-30/h1-8,11-13,22,29,31-35H,9-10H2/t22-,29-,30+/m0/s1. The second-order valence-corrected chi connectivity index (χ2v) is 9.91. The summed E-state index contributed by atoms with van der Waals surface area (Å²) < 4.78 is 19.1. The van der Waals surface area contributed by atoms with Gasteiger partial charge in [-0.1, -0.05) is 24.3 Å². The minimum Gasteiger partial charge on any atom is -0.508 e. The molecule has 196 valence electrons. The number of benzene rings is 4. The SMILES string of the molecule is O=C1c2c(O)cc(O)cc2O[C@]12c1c(cc(O)c3c1O[C@H](c1ccc(O)cc1)CC3)O[C@H]2c1ccc(O)cc1. The highest BCUT2D eigenvalue weighted by molar-refractivity contribution is 6.12. The van der Waals surface area contributed by atoms with Crippen LogP contribution in [0.15, 0.2) is 66.7 Å². The van der Waals surface area contributed by atoms with Crippen molar-refractivity contribution in [2.24, 2.45) is 0 Å². The number of phenolic OH excluding ortho intramolecular Hbond substituents is 5. The summed E-state index contributed by atoms with van der Waals surface area (Å²) >= 11 is 0. The predicted molar refractivity (Wildman–Crippen MR) is 136 cm³/mol. The van der Waals surface area contributed by atoms with Crippen LogP contribution in [0.4, 0.5) is 0 Å². The van der Waals surface area contributed by atoms with E-state index in [-0.39, 0.29) is 51.4 Å². The number of Topliss-reactive ketones (excluding diaryl/α,β-unsaturated/α-hetero) is 1. The van der Waals surface area contributed by atoms with E-state index in [1.807, 2.05) is 0 Å². The van der Waals surface area contributed by atoms with E-state index in [4.69, 9.17) is 14.2 Å². The molecular formula is C30H22O9. The van der Waals surface area contributed by atoms with Gasteiger partial charge in [0.05, 0.1) is 5.56 Å². The first kappa shape index (κ1) is 23.1. The van der Waals surface area contributed by atoms with Crippen molar-refractivity contribution in [3.8, 4) is 46.0 Å². The molecule has 0 saturated carbocycles. The smallest absolute Gasteiger partial charge is 0.244 e. The summed E-state index contributed by atoms with van der Waals surface area (Å²) in [5, 5.41) is 51.3. The van der Waals surface area contributed by atoms with Gasteiger partial charge in [0.1, 0.15) is 57.7 Å². The molecule has 9 nitrogen and oxygen atoms in total. The molecule has 0 amide bonds. The van der Waals surface area contributed by atoms with Gasteiger partial charge in [-0.05, 0) is 48.2 Å². The zero-order valence-electron chi connectivity index (χ0n) is 20.3. The molecule has 5 N–H and O–H groups in total. The van der Waals surface area contributed by atoms with E-state index >= 15 is 0 Å². The van der Waals surface area contributed by atoms with Gasteiger partial charge in [0.2, 0.25) is 11.4 Å². The van der Waals surface area contributed by atoms with Crippen molar-refractivity contribution in [2.75, 3.05) is 0 Å². The van der Waals surface area contributed by atoms with Crippen molar-refractivity contribution < 1.29 is 44.5 Å². The highest BCUT2D eigenvalue weighted by Crippen LogP contribution is 2.63. The summed E-state index contributed by atoms with van der Waals surface area (Å²) in [6.45, 7) is 0. The molecule has 7 rings (SSSR count). The minimum atomic E-state index is -1.87. The highest BCUT2D eigenvalue weighted by Gasteiger charge is 2.65. The summed E-state index contributed by atoms with van der Waals surface area (Å²) in [6, 6.07) is 16.4. The fraction of sp³-hybridized carbons (Fsp3) is 0.167. The number of ketones is 1. The van der Waals surface area contributed by atoms with Crippen LogP contribution in [0.2, 0.25) is 0 Å². The molecule has 4 aromatic rings. The molecule has 0 unspecified atom stereocenters. The van der Waals surface area contributed by atoms with Crippen molar-refractivity contribution in [1.29, 1.82) is 0 Å². The molecule has 0 aromatic heterocycles. The Hall–Kier alpha value is -5.05. The Kier molecular flexibility index (Phi) is 4.72. The lowest BCUT2D eigenvalue weighted by Gasteiger charge is -2.33. The Morgan fingerprint density at radius 1 is 0.718 bits per heavy atom. The first-order valence-corrected chi connectivity index (χ1v) is 12.4. The quantitative estimate of drug-likeness (QED) is 0.246. The molecule has 0 fully saturated rings. The third kappa shape index (κ3) is 3.22. The van der Waals surface area contributed by atoms with Crippen LogP contribution in [0.5, 0.6) is 46.0 Å². The van der Waals surface area contributed by atoms with Gasteiger partial charge < -0.3 is 39.7 Å². The Labute approximate surface area is 221 Å². The van der Waals surface area contributed by atoms with Gasteiger partial charge in [-0.25, -0.2) is 0 Å². The second kappa shape index (κ2) is 7.97. The number of fused-ring (bicyclic) bond motifs is 5. The summed E-state index contributed by atoms with van der Waals surface area (Å²) in [6.07, 6.45) is -0.584. The van der Waals surface area contributed by atoms with E-state index in [0.29, 0.717) is 24.0 Å². The van der Waals surface area contributed by atoms with Crippen molar-refractivity contribution in [3.05, 3.63) is 94.5 Å². The van der Waals surface area contributed by atoms with E-state index in [2.05, 4.69) is 0 Å². The summed E-state index contributed by atoms with van der Waals surface area (Å²) in [5.41, 5.74) is 0.0560. The molecule has 3 atom stereocenters. The largest absolute Gasteiger partial charge is 0.508 e. The normalized spacial score (nSPS) is 22.4.